The van der Waals surface area contributed by atoms with E-state index in [1.165, 1.54) is 0 Å². The molecule has 0 spiro atoms. The molecule has 0 fully saturated rings. The number of nitrogens with zero attached hydrogens (tertiary/aromatic N) is 1. The minimum absolute atomic E-state index is 0.415. The Balaban J connectivity index is 2.00. The smallest absolute Gasteiger partial charge is 0.124 e. The van der Waals surface area contributed by atoms with E-state index in [1.54, 1.807) is 32.5 Å². The first-order chi connectivity index (χ1) is 10.7. The SMILES string of the molecule is COc1ccc(OC)c(C(O)CNCc2cccnc2C)c1. The zero-order valence-corrected chi connectivity index (χ0v) is 13.2. The molecule has 1 heterocycles. The zero-order chi connectivity index (χ0) is 15.9. The Morgan fingerprint density at radius 1 is 1.23 bits per heavy atom. The van der Waals surface area contributed by atoms with Gasteiger partial charge in [-0.1, -0.05) is 6.07 Å². The molecule has 1 atom stereocenters. The van der Waals surface area contributed by atoms with Crippen LogP contribution in [0.4, 0.5) is 0 Å². The maximum Gasteiger partial charge on any atom is 0.124 e. The number of aliphatic hydroxyl groups excluding tert-OH is 1. The van der Waals surface area contributed by atoms with Crippen LogP contribution in [0, 0.1) is 6.92 Å². The van der Waals surface area contributed by atoms with E-state index in [0.717, 1.165) is 11.3 Å². The highest BCUT2D eigenvalue weighted by atomic mass is 16.5. The summed E-state index contributed by atoms with van der Waals surface area (Å²) in [5, 5.41) is 13.6. The lowest BCUT2D eigenvalue weighted by molar-refractivity contribution is 0.169. The lowest BCUT2D eigenvalue weighted by Crippen LogP contribution is -2.22. The molecule has 1 aromatic heterocycles. The first-order valence-electron chi connectivity index (χ1n) is 7.17. The summed E-state index contributed by atoms with van der Waals surface area (Å²) in [7, 11) is 3.19. The molecule has 2 rings (SSSR count). The third-order valence-electron chi connectivity index (χ3n) is 3.57. The molecule has 2 aromatic rings. The van der Waals surface area contributed by atoms with Gasteiger partial charge >= 0.3 is 0 Å². The molecule has 0 aliphatic carbocycles. The van der Waals surface area contributed by atoms with Gasteiger partial charge in [-0.05, 0) is 36.8 Å². The van der Waals surface area contributed by atoms with E-state index in [-0.39, 0.29) is 0 Å². The molecule has 22 heavy (non-hydrogen) atoms. The fraction of sp³-hybridized carbons (Fsp3) is 0.353. The lowest BCUT2D eigenvalue weighted by atomic mass is 10.1. The highest BCUT2D eigenvalue weighted by Crippen LogP contribution is 2.29. The van der Waals surface area contributed by atoms with Gasteiger partial charge in [0.25, 0.3) is 0 Å². The van der Waals surface area contributed by atoms with Crippen LogP contribution in [-0.2, 0) is 6.54 Å². The van der Waals surface area contributed by atoms with Crippen molar-refractivity contribution in [1.29, 1.82) is 0 Å². The molecule has 0 amide bonds. The molecule has 0 saturated heterocycles. The Bertz CT molecular complexity index is 617. The minimum atomic E-state index is -0.679. The molecular formula is C17H22N2O3. The van der Waals surface area contributed by atoms with Crippen molar-refractivity contribution in [2.75, 3.05) is 20.8 Å². The van der Waals surface area contributed by atoms with Crippen molar-refractivity contribution in [1.82, 2.24) is 10.3 Å². The van der Waals surface area contributed by atoms with Gasteiger partial charge in [0.1, 0.15) is 11.5 Å². The number of hydrogen-bond acceptors (Lipinski definition) is 5. The second kappa shape index (κ2) is 7.77. The summed E-state index contributed by atoms with van der Waals surface area (Å²) in [6, 6.07) is 9.32. The predicted octanol–water partition coefficient (Wildman–Crippen LogP) is 2.23. The summed E-state index contributed by atoms with van der Waals surface area (Å²) in [6.07, 6.45) is 1.09. The Labute approximate surface area is 130 Å². The summed E-state index contributed by atoms with van der Waals surface area (Å²) < 4.78 is 10.5. The molecule has 1 aromatic carbocycles. The number of benzene rings is 1. The zero-order valence-electron chi connectivity index (χ0n) is 13.2. The van der Waals surface area contributed by atoms with Crippen LogP contribution in [0.3, 0.4) is 0 Å². The first kappa shape index (κ1) is 16.3. The van der Waals surface area contributed by atoms with Crippen LogP contribution in [0.25, 0.3) is 0 Å². The number of pyridine rings is 1. The molecule has 0 aliphatic rings. The topological polar surface area (TPSA) is 63.6 Å². The average Bonchev–Trinajstić information content (AvgIpc) is 2.55. The molecule has 2 N–H and O–H groups in total. The number of aromatic nitrogens is 1. The van der Waals surface area contributed by atoms with Gasteiger partial charge in [0, 0.05) is 30.5 Å². The van der Waals surface area contributed by atoms with Crippen molar-refractivity contribution in [3.05, 3.63) is 53.3 Å². The quantitative estimate of drug-likeness (QED) is 0.821. The Hall–Kier alpha value is -2.11. The van der Waals surface area contributed by atoms with Gasteiger partial charge in [-0.25, -0.2) is 0 Å². The molecule has 0 bridgehead atoms. The molecule has 5 nitrogen and oxygen atoms in total. The average molecular weight is 302 g/mol. The van der Waals surface area contributed by atoms with Gasteiger partial charge in [-0.3, -0.25) is 4.98 Å². The number of aryl methyl sites for hydroxylation is 1. The van der Waals surface area contributed by atoms with Crippen molar-refractivity contribution >= 4 is 0 Å². The third-order valence-corrected chi connectivity index (χ3v) is 3.57. The van der Waals surface area contributed by atoms with Crippen LogP contribution in [0.1, 0.15) is 22.9 Å². The largest absolute Gasteiger partial charge is 0.497 e. The molecule has 1 unspecified atom stereocenters. The summed E-state index contributed by atoms with van der Waals surface area (Å²) >= 11 is 0. The van der Waals surface area contributed by atoms with E-state index < -0.39 is 6.10 Å². The molecular weight excluding hydrogens is 280 g/mol. The summed E-state index contributed by atoms with van der Waals surface area (Å²) in [6.45, 7) is 3.04. The maximum absolute atomic E-state index is 10.4. The standard InChI is InChI=1S/C17H22N2O3/c1-12-13(5-4-8-19-12)10-18-11-16(20)15-9-14(21-2)6-7-17(15)22-3/h4-9,16,18,20H,10-11H2,1-3H3. The second-order valence-electron chi connectivity index (χ2n) is 5.00. The van der Waals surface area contributed by atoms with Gasteiger partial charge in [-0.15, -0.1) is 0 Å². The van der Waals surface area contributed by atoms with E-state index in [1.807, 2.05) is 25.1 Å². The van der Waals surface area contributed by atoms with Crippen LogP contribution in [0.2, 0.25) is 0 Å². The van der Waals surface area contributed by atoms with Crippen LogP contribution in [0.15, 0.2) is 36.5 Å². The fourth-order valence-corrected chi connectivity index (χ4v) is 2.26. The number of aliphatic hydroxyl groups is 1. The monoisotopic (exact) mass is 302 g/mol. The lowest BCUT2D eigenvalue weighted by Gasteiger charge is -2.17. The van der Waals surface area contributed by atoms with Crippen molar-refractivity contribution in [2.45, 2.75) is 19.6 Å². The Kier molecular flexibility index (Phi) is 5.75. The van der Waals surface area contributed by atoms with Crippen LogP contribution < -0.4 is 14.8 Å². The van der Waals surface area contributed by atoms with E-state index in [4.69, 9.17) is 9.47 Å². The van der Waals surface area contributed by atoms with Crippen LogP contribution in [-0.4, -0.2) is 30.9 Å². The van der Waals surface area contributed by atoms with Gasteiger partial charge in [0.15, 0.2) is 0 Å². The van der Waals surface area contributed by atoms with Crippen LogP contribution >= 0.6 is 0 Å². The Morgan fingerprint density at radius 3 is 2.73 bits per heavy atom. The number of nitrogens with one attached hydrogen (secondary N) is 1. The maximum atomic E-state index is 10.4. The number of ether oxygens (including phenoxy) is 2. The normalized spacial score (nSPS) is 12.0. The first-order valence-corrected chi connectivity index (χ1v) is 7.17. The van der Waals surface area contributed by atoms with Gasteiger partial charge in [0.2, 0.25) is 0 Å². The van der Waals surface area contributed by atoms with Crippen molar-refractivity contribution in [3.63, 3.8) is 0 Å². The van der Waals surface area contributed by atoms with Gasteiger partial charge in [0.05, 0.1) is 20.3 Å². The summed E-state index contributed by atoms with van der Waals surface area (Å²) in [4.78, 5) is 4.25. The molecule has 0 saturated carbocycles. The molecule has 0 aliphatic heterocycles. The van der Waals surface area contributed by atoms with Crippen LogP contribution in [0.5, 0.6) is 11.5 Å². The minimum Gasteiger partial charge on any atom is -0.497 e. The van der Waals surface area contributed by atoms with E-state index in [9.17, 15) is 5.11 Å². The van der Waals surface area contributed by atoms with E-state index >= 15 is 0 Å². The highest BCUT2D eigenvalue weighted by molar-refractivity contribution is 5.41. The highest BCUT2D eigenvalue weighted by Gasteiger charge is 2.14. The van der Waals surface area contributed by atoms with Gasteiger partial charge < -0.3 is 19.9 Å². The second-order valence-corrected chi connectivity index (χ2v) is 5.00. The van der Waals surface area contributed by atoms with Crippen molar-refractivity contribution < 1.29 is 14.6 Å². The fourth-order valence-electron chi connectivity index (χ4n) is 2.26. The molecule has 118 valence electrons. The number of methoxy groups -OCH3 is 2. The number of rotatable bonds is 7. The third kappa shape index (κ3) is 3.96. The summed E-state index contributed by atoms with van der Waals surface area (Å²) in [5.74, 6) is 1.34. The summed E-state index contributed by atoms with van der Waals surface area (Å²) in [5.41, 5.74) is 2.81. The van der Waals surface area contributed by atoms with E-state index in [2.05, 4.69) is 10.3 Å². The Morgan fingerprint density at radius 2 is 2.05 bits per heavy atom. The van der Waals surface area contributed by atoms with Crippen molar-refractivity contribution in [3.8, 4) is 11.5 Å². The predicted molar refractivity (Wildman–Crippen MR) is 85.2 cm³/mol. The molecule has 5 heteroatoms. The molecule has 0 radical (unpaired) electrons. The number of hydrogen-bond donors (Lipinski definition) is 2. The van der Waals surface area contributed by atoms with E-state index in [0.29, 0.717) is 30.2 Å². The van der Waals surface area contributed by atoms with Crippen molar-refractivity contribution in [2.24, 2.45) is 0 Å². The van der Waals surface area contributed by atoms with Gasteiger partial charge in [-0.2, -0.15) is 0 Å².